The number of hydrogen-bond acceptors (Lipinski definition) is 4. The highest BCUT2D eigenvalue weighted by Crippen LogP contribution is 2.28. The molecule has 0 amide bonds. The Morgan fingerprint density at radius 1 is 1.00 bits per heavy atom. The molecule has 3 heterocycles. The second kappa shape index (κ2) is 5.00. The first-order valence-electron chi connectivity index (χ1n) is 7.05. The van der Waals surface area contributed by atoms with Crippen molar-refractivity contribution in [2.75, 3.05) is 18.0 Å². The first-order valence-corrected chi connectivity index (χ1v) is 7.43. The Bertz CT molecular complexity index is 777. The minimum atomic E-state index is 0.246. The van der Waals surface area contributed by atoms with Crippen LogP contribution in [0.1, 0.15) is 12.8 Å². The third-order valence-corrected chi connectivity index (χ3v) is 3.93. The van der Waals surface area contributed by atoms with E-state index in [4.69, 9.17) is 11.6 Å². The predicted octanol–water partition coefficient (Wildman–Crippen LogP) is 3.27. The van der Waals surface area contributed by atoms with E-state index in [0.717, 1.165) is 35.8 Å². The minimum absolute atomic E-state index is 0.246. The standard InChI is InChI=1S/C15H14ClN5/c16-15-19-13-11(14(20-15)21-8-4-5-9-21)17-12(18-13)10-6-2-1-3-7-10/h1-3,6-7H,4-5,8-9H2,(H,17,18,19,20). The number of nitrogens with one attached hydrogen (secondary N) is 1. The van der Waals surface area contributed by atoms with Gasteiger partial charge in [0.15, 0.2) is 11.5 Å². The predicted molar refractivity (Wildman–Crippen MR) is 83.6 cm³/mol. The molecule has 6 heteroatoms. The molecule has 1 fully saturated rings. The van der Waals surface area contributed by atoms with Gasteiger partial charge >= 0.3 is 0 Å². The Balaban J connectivity index is 1.88. The molecule has 0 spiro atoms. The molecule has 2 aromatic heterocycles. The summed E-state index contributed by atoms with van der Waals surface area (Å²) in [6, 6.07) is 9.99. The lowest BCUT2D eigenvalue weighted by atomic mass is 10.2. The highest BCUT2D eigenvalue weighted by molar-refractivity contribution is 6.28. The van der Waals surface area contributed by atoms with E-state index in [1.165, 1.54) is 12.8 Å². The lowest BCUT2D eigenvalue weighted by molar-refractivity contribution is 0.937. The van der Waals surface area contributed by atoms with Gasteiger partial charge < -0.3 is 9.88 Å². The summed E-state index contributed by atoms with van der Waals surface area (Å²) in [6.45, 7) is 2.00. The van der Waals surface area contributed by atoms with Crippen LogP contribution in [0, 0.1) is 0 Å². The number of fused-ring (bicyclic) bond motifs is 1. The van der Waals surface area contributed by atoms with Crippen molar-refractivity contribution in [3.05, 3.63) is 35.6 Å². The fourth-order valence-electron chi connectivity index (χ4n) is 2.75. The van der Waals surface area contributed by atoms with E-state index in [9.17, 15) is 0 Å². The number of aromatic nitrogens is 4. The number of halogens is 1. The molecule has 3 aromatic rings. The molecule has 0 aliphatic carbocycles. The maximum atomic E-state index is 6.05. The lowest BCUT2D eigenvalue weighted by Crippen LogP contribution is -2.19. The molecular formula is C15H14ClN5. The van der Waals surface area contributed by atoms with Gasteiger partial charge in [0, 0.05) is 18.7 Å². The summed E-state index contributed by atoms with van der Waals surface area (Å²) in [5, 5.41) is 0.246. The zero-order valence-electron chi connectivity index (χ0n) is 11.4. The Hall–Kier alpha value is -2.14. The number of rotatable bonds is 2. The van der Waals surface area contributed by atoms with Crippen LogP contribution >= 0.6 is 11.6 Å². The molecule has 1 aromatic carbocycles. The molecule has 1 aliphatic rings. The second-order valence-electron chi connectivity index (χ2n) is 5.16. The summed E-state index contributed by atoms with van der Waals surface area (Å²) in [7, 11) is 0. The number of benzene rings is 1. The lowest BCUT2D eigenvalue weighted by Gasteiger charge is -2.16. The van der Waals surface area contributed by atoms with E-state index < -0.39 is 0 Å². The monoisotopic (exact) mass is 299 g/mol. The fraction of sp³-hybridized carbons (Fsp3) is 0.267. The summed E-state index contributed by atoms with van der Waals surface area (Å²) < 4.78 is 0. The van der Waals surface area contributed by atoms with Gasteiger partial charge in [0.05, 0.1) is 0 Å². The van der Waals surface area contributed by atoms with Crippen LogP contribution in [-0.4, -0.2) is 33.0 Å². The van der Waals surface area contributed by atoms with Crippen LogP contribution in [0.2, 0.25) is 5.28 Å². The molecule has 1 saturated heterocycles. The third-order valence-electron chi connectivity index (χ3n) is 3.76. The highest BCUT2D eigenvalue weighted by atomic mass is 35.5. The molecule has 0 atom stereocenters. The van der Waals surface area contributed by atoms with Crippen molar-refractivity contribution >= 4 is 28.6 Å². The topological polar surface area (TPSA) is 57.7 Å². The van der Waals surface area contributed by atoms with E-state index in [1.807, 2.05) is 30.3 Å². The fourth-order valence-corrected chi connectivity index (χ4v) is 2.91. The molecule has 4 rings (SSSR count). The van der Waals surface area contributed by atoms with Crippen molar-refractivity contribution in [3.63, 3.8) is 0 Å². The van der Waals surface area contributed by atoms with Crippen LogP contribution in [0.15, 0.2) is 30.3 Å². The number of H-pyrrole nitrogens is 1. The Morgan fingerprint density at radius 3 is 2.52 bits per heavy atom. The zero-order chi connectivity index (χ0) is 14.2. The Labute approximate surface area is 127 Å². The minimum Gasteiger partial charge on any atom is -0.355 e. The summed E-state index contributed by atoms with van der Waals surface area (Å²) in [5.74, 6) is 1.65. The number of aromatic amines is 1. The molecule has 0 radical (unpaired) electrons. The molecule has 0 bridgehead atoms. The van der Waals surface area contributed by atoms with E-state index in [0.29, 0.717) is 5.65 Å². The largest absolute Gasteiger partial charge is 0.355 e. The molecular weight excluding hydrogens is 286 g/mol. The van der Waals surface area contributed by atoms with Gasteiger partial charge in [-0.2, -0.15) is 9.97 Å². The number of imidazole rings is 1. The van der Waals surface area contributed by atoms with Crippen LogP contribution in [0.4, 0.5) is 5.82 Å². The van der Waals surface area contributed by atoms with Gasteiger partial charge in [-0.25, -0.2) is 4.98 Å². The molecule has 21 heavy (non-hydrogen) atoms. The van der Waals surface area contributed by atoms with Gasteiger partial charge in [0.1, 0.15) is 11.3 Å². The van der Waals surface area contributed by atoms with Gasteiger partial charge in [0.25, 0.3) is 0 Å². The molecule has 5 nitrogen and oxygen atoms in total. The molecule has 106 valence electrons. The van der Waals surface area contributed by atoms with Crippen LogP contribution in [0.25, 0.3) is 22.6 Å². The second-order valence-corrected chi connectivity index (χ2v) is 5.50. The third kappa shape index (κ3) is 2.23. The maximum absolute atomic E-state index is 6.05. The van der Waals surface area contributed by atoms with Gasteiger partial charge in [-0.3, -0.25) is 0 Å². The summed E-state index contributed by atoms with van der Waals surface area (Å²) in [6.07, 6.45) is 2.37. The van der Waals surface area contributed by atoms with Crippen molar-refractivity contribution < 1.29 is 0 Å². The first kappa shape index (κ1) is 12.6. The van der Waals surface area contributed by atoms with Gasteiger partial charge in [-0.15, -0.1) is 0 Å². The van der Waals surface area contributed by atoms with Crippen molar-refractivity contribution in [3.8, 4) is 11.4 Å². The number of anilines is 1. The molecule has 1 aliphatic heterocycles. The smallest absolute Gasteiger partial charge is 0.226 e. The van der Waals surface area contributed by atoms with Gasteiger partial charge in [-0.1, -0.05) is 30.3 Å². The molecule has 0 unspecified atom stereocenters. The average Bonchev–Trinajstić information content (AvgIpc) is 3.16. The summed E-state index contributed by atoms with van der Waals surface area (Å²) >= 11 is 6.05. The first-order chi connectivity index (χ1) is 10.3. The van der Waals surface area contributed by atoms with E-state index in [2.05, 4.69) is 24.8 Å². The quantitative estimate of drug-likeness (QED) is 0.738. The van der Waals surface area contributed by atoms with Crippen molar-refractivity contribution in [1.29, 1.82) is 0 Å². The zero-order valence-corrected chi connectivity index (χ0v) is 12.1. The van der Waals surface area contributed by atoms with E-state index in [1.54, 1.807) is 0 Å². The number of nitrogens with zero attached hydrogens (tertiary/aromatic N) is 4. The van der Waals surface area contributed by atoms with E-state index >= 15 is 0 Å². The van der Waals surface area contributed by atoms with Crippen LogP contribution in [-0.2, 0) is 0 Å². The Morgan fingerprint density at radius 2 is 1.76 bits per heavy atom. The van der Waals surface area contributed by atoms with E-state index in [-0.39, 0.29) is 5.28 Å². The SMILES string of the molecule is Clc1nc(N2CCCC2)c2[nH]c(-c3ccccc3)nc2n1. The van der Waals surface area contributed by atoms with Crippen molar-refractivity contribution in [1.82, 2.24) is 19.9 Å². The molecule has 1 N–H and O–H groups in total. The van der Waals surface area contributed by atoms with Gasteiger partial charge in [-0.05, 0) is 24.4 Å². The maximum Gasteiger partial charge on any atom is 0.226 e. The van der Waals surface area contributed by atoms with Crippen LogP contribution < -0.4 is 4.90 Å². The van der Waals surface area contributed by atoms with Crippen LogP contribution in [0.5, 0.6) is 0 Å². The van der Waals surface area contributed by atoms with Crippen molar-refractivity contribution in [2.24, 2.45) is 0 Å². The highest BCUT2D eigenvalue weighted by Gasteiger charge is 2.20. The van der Waals surface area contributed by atoms with Crippen LogP contribution in [0.3, 0.4) is 0 Å². The Kier molecular flexibility index (Phi) is 3.00. The number of hydrogen-bond donors (Lipinski definition) is 1. The summed E-state index contributed by atoms with van der Waals surface area (Å²) in [5.41, 5.74) is 2.51. The van der Waals surface area contributed by atoms with Gasteiger partial charge in [0.2, 0.25) is 5.28 Å². The van der Waals surface area contributed by atoms with Crippen molar-refractivity contribution in [2.45, 2.75) is 12.8 Å². The summed E-state index contributed by atoms with van der Waals surface area (Å²) in [4.78, 5) is 18.8. The molecule has 0 saturated carbocycles. The normalized spacial score (nSPS) is 15.0. The average molecular weight is 300 g/mol.